The second-order valence-corrected chi connectivity index (χ2v) is 12.6. The van der Waals surface area contributed by atoms with Crippen LogP contribution in [-0.2, 0) is 12.8 Å². The molecule has 2 heterocycles. The van der Waals surface area contributed by atoms with E-state index in [-0.39, 0.29) is 17.0 Å². The molecule has 0 unspecified atom stereocenters. The highest BCUT2D eigenvalue weighted by Crippen LogP contribution is 2.32. The van der Waals surface area contributed by atoms with Gasteiger partial charge in [-0.1, -0.05) is 60.7 Å². The number of imidazole rings is 1. The molecule has 0 saturated heterocycles. The van der Waals surface area contributed by atoms with Crippen LogP contribution in [0, 0.1) is 0 Å². The summed E-state index contributed by atoms with van der Waals surface area (Å²) in [5, 5.41) is 15.1. The van der Waals surface area contributed by atoms with Crippen molar-refractivity contribution in [1.29, 1.82) is 0 Å². The zero-order chi connectivity index (χ0) is 35.6. The van der Waals surface area contributed by atoms with Crippen molar-refractivity contribution in [2.45, 2.75) is 12.8 Å². The smallest absolute Gasteiger partial charge is 0.336 e. The van der Waals surface area contributed by atoms with Crippen LogP contribution >= 0.6 is 0 Å². The number of carbonyl (C=O) groups is 3. The van der Waals surface area contributed by atoms with E-state index < -0.39 is 11.9 Å². The molecule has 1 aliphatic heterocycles. The van der Waals surface area contributed by atoms with E-state index >= 15 is 0 Å². The van der Waals surface area contributed by atoms with Crippen LogP contribution in [-0.4, -0.2) is 38.6 Å². The maximum absolute atomic E-state index is 12.8. The topological polar surface area (TPSA) is 137 Å². The minimum Gasteiger partial charge on any atom is -0.478 e. The van der Waals surface area contributed by atoms with Gasteiger partial charge in [0.2, 0.25) is 0 Å². The number of carbonyl (C=O) groups excluding carboxylic acids is 2. The van der Waals surface area contributed by atoms with E-state index in [9.17, 15) is 19.5 Å². The first kappa shape index (κ1) is 32.1. The minimum atomic E-state index is -1.15. The summed E-state index contributed by atoms with van der Waals surface area (Å²) in [4.78, 5) is 50.0. The normalized spacial score (nSPS) is 11.9. The highest BCUT2D eigenvalue weighted by atomic mass is 16.4. The summed E-state index contributed by atoms with van der Waals surface area (Å²) >= 11 is 0. The van der Waals surface area contributed by atoms with Crippen molar-refractivity contribution >= 4 is 51.6 Å². The van der Waals surface area contributed by atoms with Crippen LogP contribution in [0.3, 0.4) is 0 Å². The number of aliphatic imine (C=N–C) groups is 1. The molecule has 0 saturated carbocycles. The maximum Gasteiger partial charge on any atom is 0.336 e. The van der Waals surface area contributed by atoms with E-state index in [1.807, 2.05) is 60.7 Å². The molecule has 0 radical (unpaired) electrons. The fourth-order valence-corrected chi connectivity index (χ4v) is 6.36. The Kier molecular flexibility index (Phi) is 8.42. The Morgan fingerprint density at radius 3 is 2.02 bits per heavy atom. The zero-order valence-corrected chi connectivity index (χ0v) is 27.8. The molecule has 9 nitrogen and oxygen atoms in total. The van der Waals surface area contributed by atoms with Gasteiger partial charge in [-0.15, -0.1) is 0 Å². The van der Waals surface area contributed by atoms with Crippen LogP contribution < -0.4 is 10.6 Å². The summed E-state index contributed by atoms with van der Waals surface area (Å²) in [6, 6.07) is 43.0. The minimum absolute atomic E-state index is 0.0450. The molecule has 1 aromatic heterocycles. The predicted octanol–water partition coefficient (Wildman–Crippen LogP) is 8.70. The third-order valence-corrected chi connectivity index (χ3v) is 9.05. The highest BCUT2D eigenvalue weighted by Gasteiger charge is 2.19. The number of aromatic carboxylic acids is 1. The van der Waals surface area contributed by atoms with E-state index in [4.69, 9.17) is 9.98 Å². The molecule has 8 rings (SSSR count). The van der Waals surface area contributed by atoms with Gasteiger partial charge in [0.15, 0.2) is 0 Å². The molecule has 252 valence electrons. The Bertz CT molecular complexity index is 2520. The number of aromatic nitrogens is 2. The lowest BCUT2D eigenvalue weighted by Crippen LogP contribution is -2.16. The molecule has 52 heavy (non-hydrogen) atoms. The molecule has 0 spiro atoms. The van der Waals surface area contributed by atoms with Crippen LogP contribution in [0.25, 0.3) is 22.4 Å². The van der Waals surface area contributed by atoms with Crippen molar-refractivity contribution < 1.29 is 19.5 Å². The van der Waals surface area contributed by atoms with Crippen LogP contribution in [0.2, 0.25) is 0 Å². The third kappa shape index (κ3) is 6.71. The lowest BCUT2D eigenvalue weighted by molar-refractivity contribution is 0.0692. The monoisotopic (exact) mass is 681 g/mol. The fourth-order valence-electron chi connectivity index (χ4n) is 6.36. The number of rotatable bonds is 9. The number of fused-ring (bicyclic) bond motifs is 2. The summed E-state index contributed by atoms with van der Waals surface area (Å²) in [7, 11) is 0. The first-order valence-corrected chi connectivity index (χ1v) is 16.8. The van der Waals surface area contributed by atoms with E-state index in [0.717, 1.165) is 62.5 Å². The molecule has 7 aromatic rings. The Morgan fingerprint density at radius 1 is 0.654 bits per heavy atom. The van der Waals surface area contributed by atoms with Gasteiger partial charge in [0, 0.05) is 28.9 Å². The Hall–Kier alpha value is -7.13. The van der Waals surface area contributed by atoms with Gasteiger partial charge in [-0.05, 0) is 108 Å². The number of aromatic amines is 1. The van der Waals surface area contributed by atoms with E-state index in [1.165, 1.54) is 12.1 Å². The number of nitrogens with zero attached hydrogens (tertiary/aromatic N) is 2. The van der Waals surface area contributed by atoms with Gasteiger partial charge >= 0.3 is 5.97 Å². The molecule has 0 aliphatic carbocycles. The lowest BCUT2D eigenvalue weighted by atomic mass is 10.00. The summed E-state index contributed by atoms with van der Waals surface area (Å²) in [6.07, 6.45) is 1.44. The number of carboxylic acids is 1. The molecule has 0 atom stereocenters. The van der Waals surface area contributed by atoms with Crippen LogP contribution in [0.15, 0.2) is 145 Å². The molecule has 2 amide bonds. The van der Waals surface area contributed by atoms with Gasteiger partial charge in [-0.2, -0.15) is 0 Å². The van der Waals surface area contributed by atoms with Crippen LogP contribution in [0.5, 0.6) is 0 Å². The molecular formula is C43H31N5O4. The average Bonchev–Trinajstić information content (AvgIpc) is 3.80. The van der Waals surface area contributed by atoms with Crippen molar-refractivity contribution in [3.8, 4) is 11.4 Å². The van der Waals surface area contributed by atoms with Gasteiger partial charge in [-0.3, -0.25) is 14.6 Å². The van der Waals surface area contributed by atoms with E-state index in [1.54, 1.807) is 36.4 Å². The first-order chi connectivity index (χ1) is 25.4. The summed E-state index contributed by atoms with van der Waals surface area (Å²) in [5.41, 5.74) is 11.0. The van der Waals surface area contributed by atoms with E-state index in [0.29, 0.717) is 23.4 Å². The number of carboxylic acid groups (broad SMARTS) is 1. The number of hydrogen-bond acceptors (Lipinski definition) is 5. The molecule has 1 aliphatic rings. The van der Waals surface area contributed by atoms with Crippen molar-refractivity contribution in [3.05, 3.63) is 178 Å². The number of H-pyrrole nitrogens is 1. The molecule has 4 N–H and O–H groups in total. The fraction of sp³-hybridized carbons (Fsp3) is 0.0465. The predicted molar refractivity (Wildman–Crippen MR) is 203 cm³/mol. The second kappa shape index (κ2) is 13.6. The SMILES string of the molecule is O=C(Nc1ccc(-c2nc3ccc(Cc4ccc5c(c4)N=C(c4ccc(NC(=O)c6ccccc6C(=O)O)cc4)C5)cc3[nH]2)cc1)c1ccccc1. The molecule has 6 aromatic carbocycles. The van der Waals surface area contributed by atoms with Gasteiger partial charge < -0.3 is 20.7 Å². The maximum atomic E-state index is 12.8. The number of nitrogens with one attached hydrogen (secondary N) is 3. The number of amides is 2. The van der Waals surface area contributed by atoms with Crippen molar-refractivity contribution in [2.24, 2.45) is 4.99 Å². The standard InChI is InChI=1S/C43H31N5O4/c49-41(30-6-2-1-3-7-30)44-32-19-15-29(16-20-32)40-47-36-21-11-27(24-39(36)48-40)22-26-10-12-31-25-38(46-37(31)23-26)28-13-17-33(18-14-28)45-42(50)34-8-4-5-9-35(34)43(51)52/h1-21,23-24H,22,25H2,(H,44,49)(H,45,50)(H,47,48)(H,51,52). The second-order valence-electron chi connectivity index (χ2n) is 12.6. The van der Waals surface area contributed by atoms with Crippen LogP contribution in [0.1, 0.15) is 53.3 Å². The van der Waals surface area contributed by atoms with Crippen molar-refractivity contribution in [3.63, 3.8) is 0 Å². The van der Waals surface area contributed by atoms with E-state index in [2.05, 4.69) is 45.9 Å². The number of benzene rings is 6. The third-order valence-electron chi connectivity index (χ3n) is 9.05. The van der Waals surface area contributed by atoms with Crippen LogP contribution in [0.4, 0.5) is 17.1 Å². The largest absolute Gasteiger partial charge is 0.478 e. The summed E-state index contributed by atoms with van der Waals surface area (Å²) in [5.74, 6) is -1.03. The van der Waals surface area contributed by atoms with Gasteiger partial charge in [-0.25, -0.2) is 9.78 Å². The Balaban J connectivity index is 0.923. The Morgan fingerprint density at radius 2 is 1.29 bits per heavy atom. The number of hydrogen-bond donors (Lipinski definition) is 4. The van der Waals surface area contributed by atoms with Gasteiger partial charge in [0.1, 0.15) is 5.82 Å². The molecule has 0 fully saturated rings. The van der Waals surface area contributed by atoms with Gasteiger partial charge in [0.25, 0.3) is 11.8 Å². The summed E-state index contributed by atoms with van der Waals surface area (Å²) < 4.78 is 0. The zero-order valence-electron chi connectivity index (χ0n) is 27.8. The molecular weight excluding hydrogens is 651 g/mol. The first-order valence-electron chi connectivity index (χ1n) is 16.8. The highest BCUT2D eigenvalue weighted by molar-refractivity contribution is 6.11. The molecule has 9 heteroatoms. The van der Waals surface area contributed by atoms with Crippen molar-refractivity contribution in [2.75, 3.05) is 10.6 Å². The summed E-state index contributed by atoms with van der Waals surface area (Å²) in [6.45, 7) is 0. The van der Waals surface area contributed by atoms with Crippen molar-refractivity contribution in [1.82, 2.24) is 9.97 Å². The quantitative estimate of drug-likeness (QED) is 0.121. The lowest BCUT2D eigenvalue weighted by Gasteiger charge is -2.08. The average molecular weight is 682 g/mol. The Labute approximate surface area is 298 Å². The van der Waals surface area contributed by atoms with Gasteiger partial charge in [0.05, 0.1) is 33.6 Å². The molecule has 0 bridgehead atoms. The number of anilines is 2.